The van der Waals surface area contributed by atoms with Crippen molar-refractivity contribution >= 4 is 45.0 Å². The van der Waals surface area contributed by atoms with Gasteiger partial charge in [-0.1, -0.05) is 19.4 Å². The Morgan fingerprint density at radius 2 is 2.00 bits per heavy atom. The predicted octanol–water partition coefficient (Wildman–Crippen LogP) is 6.73. The van der Waals surface area contributed by atoms with Crippen LogP contribution in [0.2, 0.25) is 0 Å². The Morgan fingerprint density at radius 3 is 2.84 bits per heavy atom. The summed E-state index contributed by atoms with van der Waals surface area (Å²) in [4.78, 5) is 31.7. The standard InChI is InChI=1S/C28H25N7OS/c1-3-4-5-24(36)31-19-12-18(14-29-15-19)17-7-8-22-21(13-17)26(35-34-22)28-32-25-20(10-11-30-27(25)33-28)23-9-6-16(2)37-23/h6-15H,3-5H2,1-2H3,(H,31,36)(H,34,35)(H,30,32,33). The van der Waals surface area contributed by atoms with E-state index in [1.54, 1.807) is 29.9 Å². The Hall–Kier alpha value is -4.37. The van der Waals surface area contributed by atoms with E-state index in [0.29, 0.717) is 23.6 Å². The molecular formula is C28H25N7OS. The second kappa shape index (κ2) is 9.59. The first-order valence-corrected chi connectivity index (χ1v) is 13.1. The zero-order valence-corrected chi connectivity index (χ0v) is 21.3. The molecule has 6 aromatic rings. The molecule has 0 fully saturated rings. The Kier molecular flexibility index (Phi) is 5.97. The van der Waals surface area contributed by atoms with E-state index in [4.69, 9.17) is 4.98 Å². The highest BCUT2D eigenvalue weighted by atomic mass is 32.1. The van der Waals surface area contributed by atoms with Gasteiger partial charge in [0, 0.05) is 45.1 Å². The van der Waals surface area contributed by atoms with Crippen molar-refractivity contribution in [2.75, 3.05) is 5.32 Å². The number of H-pyrrole nitrogens is 2. The lowest BCUT2D eigenvalue weighted by Gasteiger charge is -2.07. The van der Waals surface area contributed by atoms with E-state index < -0.39 is 0 Å². The molecule has 0 saturated carbocycles. The number of nitrogens with zero attached hydrogens (tertiary/aromatic N) is 4. The Balaban J connectivity index is 1.37. The third-order valence-corrected chi connectivity index (χ3v) is 7.33. The van der Waals surface area contributed by atoms with Crippen LogP contribution in [0.4, 0.5) is 5.69 Å². The molecule has 5 aromatic heterocycles. The fourth-order valence-corrected chi connectivity index (χ4v) is 5.31. The van der Waals surface area contributed by atoms with Crippen LogP contribution >= 0.6 is 11.3 Å². The van der Waals surface area contributed by atoms with Crippen molar-refractivity contribution in [1.29, 1.82) is 0 Å². The lowest BCUT2D eigenvalue weighted by atomic mass is 10.0. The molecule has 37 heavy (non-hydrogen) atoms. The van der Waals surface area contributed by atoms with Gasteiger partial charge in [0.2, 0.25) is 5.91 Å². The van der Waals surface area contributed by atoms with Gasteiger partial charge >= 0.3 is 0 Å². The van der Waals surface area contributed by atoms with Crippen LogP contribution in [-0.2, 0) is 4.79 Å². The summed E-state index contributed by atoms with van der Waals surface area (Å²) in [6.45, 7) is 4.17. The van der Waals surface area contributed by atoms with Crippen LogP contribution in [0.15, 0.2) is 61.1 Å². The highest BCUT2D eigenvalue weighted by Crippen LogP contribution is 2.35. The summed E-state index contributed by atoms with van der Waals surface area (Å²) < 4.78 is 0. The van der Waals surface area contributed by atoms with Gasteiger partial charge in [-0.3, -0.25) is 14.9 Å². The van der Waals surface area contributed by atoms with Crippen molar-refractivity contribution in [2.24, 2.45) is 0 Å². The van der Waals surface area contributed by atoms with Crippen molar-refractivity contribution in [1.82, 2.24) is 30.1 Å². The van der Waals surface area contributed by atoms with Gasteiger partial charge < -0.3 is 10.3 Å². The normalized spacial score (nSPS) is 11.4. The Bertz CT molecular complexity index is 1750. The van der Waals surface area contributed by atoms with Crippen molar-refractivity contribution in [2.45, 2.75) is 33.1 Å². The fourth-order valence-electron chi connectivity index (χ4n) is 4.41. The number of rotatable bonds is 7. The number of nitrogens with one attached hydrogen (secondary N) is 3. The largest absolute Gasteiger partial charge is 0.335 e. The molecule has 0 radical (unpaired) electrons. The number of unbranched alkanes of at least 4 members (excludes halogenated alkanes) is 1. The third-order valence-electron chi connectivity index (χ3n) is 6.30. The predicted molar refractivity (Wildman–Crippen MR) is 148 cm³/mol. The molecule has 0 spiro atoms. The fraction of sp³-hybridized carbons (Fsp3) is 0.179. The molecule has 1 aromatic carbocycles. The molecule has 0 bridgehead atoms. The van der Waals surface area contributed by atoms with Crippen molar-refractivity contribution in [3.8, 4) is 33.1 Å². The number of benzene rings is 1. The second-order valence-electron chi connectivity index (χ2n) is 9.00. The minimum Gasteiger partial charge on any atom is -0.335 e. The van der Waals surface area contributed by atoms with E-state index in [2.05, 4.69) is 62.5 Å². The molecule has 8 nitrogen and oxygen atoms in total. The van der Waals surface area contributed by atoms with E-state index in [1.807, 2.05) is 24.3 Å². The van der Waals surface area contributed by atoms with Crippen molar-refractivity contribution in [3.63, 3.8) is 0 Å². The first-order valence-electron chi connectivity index (χ1n) is 12.2. The molecule has 0 atom stereocenters. The van der Waals surface area contributed by atoms with Crippen LogP contribution < -0.4 is 5.32 Å². The van der Waals surface area contributed by atoms with Crippen molar-refractivity contribution < 1.29 is 4.79 Å². The SMILES string of the molecule is CCCCC(=O)Nc1cncc(-c2ccc3[nH]nc(-c4nc5nccc(-c6ccc(C)s6)c5[nH]4)c3c2)c1. The maximum Gasteiger partial charge on any atom is 0.224 e. The summed E-state index contributed by atoms with van der Waals surface area (Å²) in [6.07, 6.45) is 7.61. The summed E-state index contributed by atoms with van der Waals surface area (Å²) in [5, 5.41) is 11.6. The van der Waals surface area contributed by atoms with Gasteiger partial charge in [-0.2, -0.15) is 5.10 Å². The number of amides is 1. The van der Waals surface area contributed by atoms with E-state index in [0.717, 1.165) is 51.6 Å². The van der Waals surface area contributed by atoms with Crippen LogP contribution in [0.5, 0.6) is 0 Å². The highest BCUT2D eigenvalue weighted by Gasteiger charge is 2.17. The lowest BCUT2D eigenvalue weighted by molar-refractivity contribution is -0.116. The molecule has 0 aliphatic rings. The Morgan fingerprint density at radius 1 is 1.08 bits per heavy atom. The van der Waals surface area contributed by atoms with Gasteiger partial charge in [-0.05, 0) is 55.3 Å². The van der Waals surface area contributed by atoms with Gasteiger partial charge in [0.15, 0.2) is 11.5 Å². The zero-order valence-electron chi connectivity index (χ0n) is 20.5. The molecule has 9 heteroatoms. The number of thiophene rings is 1. The number of aromatic nitrogens is 6. The average molecular weight is 508 g/mol. The average Bonchev–Trinajstić information content (AvgIpc) is 3.64. The van der Waals surface area contributed by atoms with E-state index >= 15 is 0 Å². The molecule has 5 heterocycles. The number of anilines is 1. The number of pyridine rings is 2. The quantitative estimate of drug-likeness (QED) is 0.222. The number of imidazole rings is 1. The smallest absolute Gasteiger partial charge is 0.224 e. The maximum atomic E-state index is 12.2. The Labute approximate surface area is 217 Å². The molecule has 6 rings (SSSR count). The molecule has 184 valence electrons. The number of aryl methyl sites for hydroxylation is 1. The minimum atomic E-state index is 0.00365. The van der Waals surface area contributed by atoms with Crippen LogP contribution in [0.3, 0.4) is 0 Å². The molecule has 0 aliphatic heterocycles. The molecule has 3 N–H and O–H groups in total. The monoisotopic (exact) mass is 507 g/mol. The number of aromatic amines is 2. The topological polar surface area (TPSA) is 112 Å². The number of hydrogen-bond acceptors (Lipinski definition) is 6. The van der Waals surface area contributed by atoms with Crippen LogP contribution in [0.1, 0.15) is 31.1 Å². The molecule has 0 unspecified atom stereocenters. The van der Waals surface area contributed by atoms with Gasteiger partial charge in [0.1, 0.15) is 5.69 Å². The van der Waals surface area contributed by atoms with Crippen LogP contribution in [0, 0.1) is 6.92 Å². The summed E-state index contributed by atoms with van der Waals surface area (Å²) in [5.41, 5.74) is 6.81. The first-order chi connectivity index (χ1) is 18.1. The number of fused-ring (bicyclic) bond motifs is 2. The first kappa shape index (κ1) is 23.1. The van der Waals surface area contributed by atoms with E-state index in [-0.39, 0.29) is 5.91 Å². The van der Waals surface area contributed by atoms with Gasteiger partial charge in [0.05, 0.1) is 22.9 Å². The minimum absolute atomic E-state index is 0.00365. The number of carbonyl (C=O) groups excluding carboxylic acids is 1. The summed E-state index contributed by atoms with van der Waals surface area (Å²) >= 11 is 1.74. The number of hydrogen-bond donors (Lipinski definition) is 3. The third kappa shape index (κ3) is 4.49. The van der Waals surface area contributed by atoms with E-state index in [1.165, 1.54) is 9.75 Å². The molecule has 0 aliphatic carbocycles. The summed E-state index contributed by atoms with van der Waals surface area (Å²) in [7, 11) is 0. The summed E-state index contributed by atoms with van der Waals surface area (Å²) in [5.74, 6) is 0.658. The van der Waals surface area contributed by atoms with Gasteiger partial charge in [0.25, 0.3) is 0 Å². The second-order valence-corrected chi connectivity index (χ2v) is 10.3. The lowest BCUT2D eigenvalue weighted by Crippen LogP contribution is -2.11. The van der Waals surface area contributed by atoms with Gasteiger partial charge in [-0.15, -0.1) is 11.3 Å². The zero-order chi connectivity index (χ0) is 25.4. The molecule has 0 saturated heterocycles. The summed E-state index contributed by atoms with van der Waals surface area (Å²) in [6, 6.07) is 14.3. The van der Waals surface area contributed by atoms with Crippen molar-refractivity contribution in [3.05, 3.63) is 65.9 Å². The maximum absolute atomic E-state index is 12.2. The number of carbonyl (C=O) groups is 1. The van der Waals surface area contributed by atoms with E-state index in [9.17, 15) is 4.79 Å². The molecular weight excluding hydrogens is 482 g/mol. The van der Waals surface area contributed by atoms with Crippen LogP contribution in [0.25, 0.3) is 55.2 Å². The molecule has 1 amide bonds. The highest BCUT2D eigenvalue weighted by molar-refractivity contribution is 7.15. The van der Waals surface area contributed by atoms with Crippen LogP contribution in [-0.4, -0.2) is 36.0 Å². The van der Waals surface area contributed by atoms with Gasteiger partial charge in [-0.25, -0.2) is 9.97 Å².